The van der Waals surface area contributed by atoms with E-state index in [0.29, 0.717) is 18.7 Å². The standard InChI is InChI=1S/C14H20ClNO4S2/c1-2-16(13-8-10-21(17,18)11-13)22(19,20)14-5-3-12(4-6-14)7-9-15/h3-6,13H,2,7-11H2,1H3. The highest BCUT2D eigenvalue weighted by atomic mass is 35.5. The van der Waals surface area contributed by atoms with Crippen molar-refractivity contribution in [2.45, 2.75) is 30.7 Å². The summed E-state index contributed by atoms with van der Waals surface area (Å²) >= 11 is 5.67. The lowest BCUT2D eigenvalue weighted by atomic mass is 10.2. The molecule has 0 aliphatic carbocycles. The molecule has 22 heavy (non-hydrogen) atoms. The summed E-state index contributed by atoms with van der Waals surface area (Å²) in [5.41, 5.74) is 0.973. The van der Waals surface area contributed by atoms with E-state index in [1.807, 2.05) is 0 Å². The Bertz CT molecular complexity index is 714. The van der Waals surface area contributed by atoms with Crippen molar-refractivity contribution < 1.29 is 16.8 Å². The van der Waals surface area contributed by atoms with Crippen molar-refractivity contribution >= 4 is 31.5 Å². The van der Waals surface area contributed by atoms with Gasteiger partial charge in [0, 0.05) is 18.5 Å². The molecule has 2 rings (SSSR count). The molecule has 1 aliphatic rings. The maximum atomic E-state index is 12.7. The average molecular weight is 366 g/mol. The summed E-state index contributed by atoms with van der Waals surface area (Å²) in [6.45, 7) is 1.98. The smallest absolute Gasteiger partial charge is 0.229 e. The second-order valence-electron chi connectivity index (χ2n) is 5.35. The molecule has 1 aromatic rings. The summed E-state index contributed by atoms with van der Waals surface area (Å²) < 4.78 is 50.0. The highest BCUT2D eigenvalue weighted by Gasteiger charge is 2.37. The van der Waals surface area contributed by atoms with Gasteiger partial charge >= 0.3 is 0 Å². The summed E-state index contributed by atoms with van der Waals surface area (Å²) in [4.78, 5) is 0.192. The van der Waals surface area contributed by atoms with Crippen LogP contribution in [-0.4, -0.2) is 51.1 Å². The largest absolute Gasteiger partial charge is 0.243 e. The molecule has 1 aliphatic heterocycles. The zero-order valence-corrected chi connectivity index (χ0v) is 14.8. The summed E-state index contributed by atoms with van der Waals surface area (Å²) in [6, 6.07) is 6.14. The predicted octanol–water partition coefficient (Wildman–Crippen LogP) is 1.67. The summed E-state index contributed by atoms with van der Waals surface area (Å²) in [7, 11) is -6.81. The van der Waals surface area contributed by atoms with Gasteiger partial charge in [-0.05, 0) is 30.5 Å². The van der Waals surface area contributed by atoms with Crippen LogP contribution in [0.1, 0.15) is 18.9 Å². The molecule has 1 saturated heterocycles. The van der Waals surface area contributed by atoms with Crippen molar-refractivity contribution in [2.24, 2.45) is 0 Å². The number of benzene rings is 1. The number of sulfonamides is 1. The number of alkyl halides is 1. The molecule has 0 N–H and O–H groups in total. The van der Waals surface area contributed by atoms with E-state index in [2.05, 4.69) is 0 Å². The van der Waals surface area contributed by atoms with Gasteiger partial charge in [-0.2, -0.15) is 4.31 Å². The first-order valence-corrected chi connectivity index (χ1v) is 11.0. The van der Waals surface area contributed by atoms with E-state index in [1.54, 1.807) is 31.2 Å². The predicted molar refractivity (Wildman–Crippen MR) is 87.5 cm³/mol. The molecule has 1 heterocycles. The fourth-order valence-electron chi connectivity index (χ4n) is 2.70. The second-order valence-corrected chi connectivity index (χ2v) is 9.85. The number of rotatable bonds is 6. The van der Waals surface area contributed by atoms with Crippen LogP contribution in [0.5, 0.6) is 0 Å². The van der Waals surface area contributed by atoms with Gasteiger partial charge in [-0.25, -0.2) is 16.8 Å². The van der Waals surface area contributed by atoms with E-state index in [1.165, 1.54) is 4.31 Å². The quantitative estimate of drug-likeness (QED) is 0.719. The maximum Gasteiger partial charge on any atom is 0.243 e. The van der Waals surface area contributed by atoms with E-state index >= 15 is 0 Å². The molecule has 1 atom stereocenters. The van der Waals surface area contributed by atoms with Crippen molar-refractivity contribution in [1.82, 2.24) is 4.31 Å². The molecule has 0 radical (unpaired) electrons. The third-order valence-electron chi connectivity index (χ3n) is 3.84. The van der Waals surface area contributed by atoms with Crippen molar-refractivity contribution in [3.8, 4) is 0 Å². The van der Waals surface area contributed by atoms with Crippen LogP contribution in [0.25, 0.3) is 0 Å². The lowest BCUT2D eigenvalue weighted by molar-refractivity contribution is 0.354. The Morgan fingerprint density at radius 1 is 1.27 bits per heavy atom. The number of sulfone groups is 1. The highest BCUT2D eigenvalue weighted by Crippen LogP contribution is 2.25. The third kappa shape index (κ3) is 3.82. The monoisotopic (exact) mass is 365 g/mol. The minimum Gasteiger partial charge on any atom is -0.229 e. The van der Waals surface area contributed by atoms with Crippen molar-refractivity contribution in [2.75, 3.05) is 23.9 Å². The molecule has 5 nitrogen and oxygen atoms in total. The first-order valence-electron chi connectivity index (χ1n) is 7.17. The summed E-state index contributed by atoms with van der Waals surface area (Å²) in [5.74, 6) is 0.440. The first kappa shape index (κ1) is 17.7. The minimum atomic E-state index is -3.68. The van der Waals surface area contributed by atoms with Gasteiger partial charge in [0.05, 0.1) is 16.4 Å². The Morgan fingerprint density at radius 2 is 1.91 bits per heavy atom. The van der Waals surface area contributed by atoms with Crippen LogP contribution in [0.15, 0.2) is 29.2 Å². The molecular weight excluding hydrogens is 346 g/mol. The van der Waals surface area contributed by atoms with Crippen LogP contribution in [0, 0.1) is 0 Å². The van der Waals surface area contributed by atoms with E-state index < -0.39 is 25.9 Å². The van der Waals surface area contributed by atoms with Gasteiger partial charge in [-0.3, -0.25) is 0 Å². The lowest BCUT2D eigenvalue weighted by Crippen LogP contribution is -2.40. The van der Waals surface area contributed by atoms with E-state index in [9.17, 15) is 16.8 Å². The van der Waals surface area contributed by atoms with Crippen LogP contribution >= 0.6 is 11.6 Å². The zero-order chi connectivity index (χ0) is 16.4. The molecule has 0 bridgehead atoms. The van der Waals surface area contributed by atoms with Gasteiger partial charge in [0.15, 0.2) is 9.84 Å². The highest BCUT2D eigenvalue weighted by molar-refractivity contribution is 7.92. The van der Waals surface area contributed by atoms with Gasteiger partial charge in [-0.15, -0.1) is 11.6 Å². The molecule has 0 aromatic heterocycles. The average Bonchev–Trinajstić information content (AvgIpc) is 2.80. The molecule has 1 unspecified atom stereocenters. The topological polar surface area (TPSA) is 71.5 Å². The number of aryl methyl sites for hydroxylation is 1. The number of hydrogen-bond acceptors (Lipinski definition) is 4. The van der Waals surface area contributed by atoms with Gasteiger partial charge < -0.3 is 0 Å². The van der Waals surface area contributed by atoms with Gasteiger partial charge in [0.25, 0.3) is 0 Å². The van der Waals surface area contributed by atoms with Crippen LogP contribution in [0.4, 0.5) is 0 Å². The third-order valence-corrected chi connectivity index (χ3v) is 7.82. The van der Waals surface area contributed by atoms with Crippen molar-refractivity contribution in [1.29, 1.82) is 0 Å². The molecule has 0 amide bonds. The Hall–Kier alpha value is -0.630. The molecule has 1 aromatic carbocycles. The van der Waals surface area contributed by atoms with Crippen molar-refractivity contribution in [3.05, 3.63) is 29.8 Å². The van der Waals surface area contributed by atoms with Gasteiger partial charge in [0.2, 0.25) is 10.0 Å². The minimum absolute atomic E-state index is 0.0539. The molecule has 8 heteroatoms. The normalized spacial score (nSPS) is 21.3. The van der Waals surface area contributed by atoms with E-state index in [0.717, 1.165) is 5.56 Å². The Labute approximate surface area is 137 Å². The van der Waals surface area contributed by atoms with Gasteiger partial charge in [0.1, 0.15) is 0 Å². The molecule has 1 fully saturated rings. The van der Waals surface area contributed by atoms with Gasteiger partial charge in [-0.1, -0.05) is 19.1 Å². The number of nitrogens with zero attached hydrogens (tertiary/aromatic N) is 1. The molecular formula is C14H20ClNO4S2. The molecule has 124 valence electrons. The van der Waals surface area contributed by atoms with Crippen LogP contribution in [0.3, 0.4) is 0 Å². The van der Waals surface area contributed by atoms with Crippen LogP contribution in [-0.2, 0) is 26.3 Å². The fourth-order valence-corrected chi connectivity index (χ4v) is 6.41. The maximum absolute atomic E-state index is 12.7. The molecule has 0 saturated carbocycles. The Morgan fingerprint density at radius 3 is 2.36 bits per heavy atom. The van der Waals surface area contributed by atoms with Crippen LogP contribution < -0.4 is 0 Å². The number of hydrogen-bond donors (Lipinski definition) is 0. The van der Waals surface area contributed by atoms with E-state index in [-0.39, 0.29) is 22.9 Å². The molecule has 0 spiro atoms. The van der Waals surface area contributed by atoms with Crippen molar-refractivity contribution in [3.63, 3.8) is 0 Å². The fraction of sp³-hybridized carbons (Fsp3) is 0.571. The Kier molecular flexibility index (Phi) is 5.53. The lowest BCUT2D eigenvalue weighted by Gasteiger charge is -2.26. The number of halogens is 1. The SMILES string of the molecule is CCN(C1CCS(=O)(=O)C1)S(=O)(=O)c1ccc(CCCl)cc1. The second kappa shape index (κ2) is 6.86. The first-order chi connectivity index (χ1) is 10.3. The summed E-state index contributed by atoms with van der Waals surface area (Å²) in [6.07, 6.45) is 1.04. The summed E-state index contributed by atoms with van der Waals surface area (Å²) in [5, 5.41) is 0. The zero-order valence-electron chi connectivity index (χ0n) is 12.4. The van der Waals surface area contributed by atoms with Crippen LogP contribution in [0.2, 0.25) is 0 Å². The Balaban J connectivity index is 2.27. The van der Waals surface area contributed by atoms with E-state index in [4.69, 9.17) is 11.6 Å².